The van der Waals surface area contributed by atoms with Crippen LogP contribution in [0.25, 0.3) is 0 Å². The second kappa shape index (κ2) is 9.41. The molecule has 166 valence electrons. The SMILES string of the molecule is COC(=O)c1cnccc1NC(=O)c1coc(N2CCC(Oc3nccc(C)n3)CC2)n1. The van der Waals surface area contributed by atoms with Crippen LogP contribution in [0.2, 0.25) is 0 Å². The van der Waals surface area contributed by atoms with Gasteiger partial charge in [0, 0.05) is 50.2 Å². The van der Waals surface area contributed by atoms with Crippen molar-refractivity contribution >= 4 is 23.6 Å². The smallest absolute Gasteiger partial charge is 0.341 e. The molecular formula is C21H22N6O5. The number of piperidine rings is 1. The Labute approximate surface area is 183 Å². The van der Waals surface area contributed by atoms with E-state index < -0.39 is 11.9 Å². The zero-order valence-corrected chi connectivity index (χ0v) is 17.6. The van der Waals surface area contributed by atoms with Crippen molar-refractivity contribution in [2.45, 2.75) is 25.9 Å². The van der Waals surface area contributed by atoms with Crippen molar-refractivity contribution in [2.75, 3.05) is 30.4 Å². The van der Waals surface area contributed by atoms with Crippen molar-refractivity contribution in [3.05, 3.63) is 53.9 Å². The zero-order valence-electron chi connectivity index (χ0n) is 17.6. The fourth-order valence-electron chi connectivity index (χ4n) is 3.27. The Kier molecular flexibility index (Phi) is 6.24. The molecule has 0 atom stereocenters. The van der Waals surface area contributed by atoms with Gasteiger partial charge in [0.2, 0.25) is 0 Å². The molecule has 4 heterocycles. The number of nitrogens with zero attached hydrogens (tertiary/aromatic N) is 5. The number of hydrogen-bond donors (Lipinski definition) is 1. The molecule has 0 saturated carbocycles. The number of nitrogens with one attached hydrogen (secondary N) is 1. The van der Waals surface area contributed by atoms with Gasteiger partial charge in [-0.15, -0.1) is 0 Å². The van der Waals surface area contributed by atoms with Gasteiger partial charge >= 0.3 is 12.0 Å². The highest BCUT2D eigenvalue weighted by molar-refractivity contribution is 6.06. The van der Waals surface area contributed by atoms with Crippen LogP contribution in [0.4, 0.5) is 11.7 Å². The third kappa shape index (κ3) is 4.82. The fraction of sp³-hybridized carbons (Fsp3) is 0.333. The number of aryl methyl sites for hydroxylation is 1. The van der Waals surface area contributed by atoms with Crippen molar-refractivity contribution in [3.63, 3.8) is 0 Å². The Morgan fingerprint density at radius 2 is 2.00 bits per heavy atom. The van der Waals surface area contributed by atoms with E-state index >= 15 is 0 Å². The maximum atomic E-state index is 12.6. The molecule has 3 aromatic rings. The van der Waals surface area contributed by atoms with Gasteiger partial charge in [-0.3, -0.25) is 9.78 Å². The Balaban J connectivity index is 1.35. The van der Waals surface area contributed by atoms with Crippen LogP contribution in [-0.4, -0.2) is 58.1 Å². The molecule has 1 aliphatic heterocycles. The summed E-state index contributed by atoms with van der Waals surface area (Å²) >= 11 is 0. The van der Waals surface area contributed by atoms with Crippen molar-refractivity contribution < 1.29 is 23.5 Å². The van der Waals surface area contributed by atoms with E-state index in [0.717, 1.165) is 18.5 Å². The number of carbonyl (C=O) groups is 2. The lowest BCUT2D eigenvalue weighted by molar-refractivity contribution is 0.0601. The number of pyridine rings is 1. The van der Waals surface area contributed by atoms with Crippen LogP contribution < -0.4 is 15.0 Å². The van der Waals surface area contributed by atoms with E-state index in [0.29, 0.717) is 25.1 Å². The summed E-state index contributed by atoms with van der Waals surface area (Å²) in [6.45, 7) is 3.18. The summed E-state index contributed by atoms with van der Waals surface area (Å²) in [5, 5.41) is 2.64. The zero-order chi connectivity index (χ0) is 22.5. The number of amides is 1. The molecule has 1 amide bonds. The lowest BCUT2D eigenvalue weighted by Gasteiger charge is -2.30. The summed E-state index contributed by atoms with van der Waals surface area (Å²) in [7, 11) is 1.26. The summed E-state index contributed by atoms with van der Waals surface area (Å²) in [5.41, 5.74) is 1.37. The van der Waals surface area contributed by atoms with Gasteiger partial charge in [-0.2, -0.15) is 4.98 Å². The Morgan fingerprint density at radius 1 is 1.19 bits per heavy atom. The van der Waals surface area contributed by atoms with Gasteiger partial charge < -0.3 is 24.1 Å². The second-order valence-electron chi connectivity index (χ2n) is 7.17. The average Bonchev–Trinajstić information content (AvgIpc) is 3.30. The first-order valence-corrected chi connectivity index (χ1v) is 10.0. The number of hydrogen-bond acceptors (Lipinski definition) is 10. The Hall–Kier alpha value is -4.02. The Bertz CT molecular complexity index is 1110. The molecule has 0 radical (unpaired) electrons. The van der Waals surface area contributed by atoms with Gasteiger partial charge in [0.1, 0.15) is 17.9 Å². The van der Waals surface area contributed by atoms with E-state index in [1.54, 1.807) is 6.20 Å². The molecule has 1 fully saturated rings. The summed E-state index contributed by atoms with van der Waals surface area (Å²) in [6.07, 6.45) is 7.21. The average molecular weight is 438 g/mol. The van der Waals surface area contributed by atoms with E-state index in [1.165, 1.54) is 31.8 Å². The van der Waals surface area contributed by atoms with E-state index in [2.05, 4.69) is 25.3 Å². The van der Waals surface area contributed by atoms with Crippen molar-refractivity contribution in [1.82, 2.24) is 19.9 Å². The largest absolute Gasteiger partial charge is 0.465 e. The molecule has 1 saturated heterocycles. The first-order valence-electron chi connectivity index (χ1n) is 10.0. The van der Waals surface area contributed by atoms with Gasteiger partial charge in [-0.05, 0) is 19.1 Å². The van der Waals surface area contributed by atoms with Gasteiger partial charge in [-0.1, -0.05) is 0 Å². The van der Waals surface area contributed by atoms with Gasteiger partial charge in [0.05, 0.1) is 12.8 Å². The molecule has 0 spiro atoms. The molecule has 11 nitrogen and oxygen atoms in total. The van der Waals surface area contributed by atoms with Crippen LogP contribution in [0.3, 0.4) is 0 Å². The highest BCUT2D eigenvalue weighted by Gasteiger charge is 2.25. The summed E-state index contributed by atoms with van der Waals surface area (Å²) in [6, 6.07) is 4.05. The number of oxazole rings is 1. The first-order chi connectivity index (χ1) is 15.5. The maximum Gasteiger partial charge on any atom is 0.341 e. The lowest BCUT2D eigenvalue weighted by atomic mass is 10.1. The van der Waals surface area contributed by atoms with E-state index in [4.69, 9.17) is 13.9 Å². The molecule has 0 aliphatic carbocycles. The standard InChI is InChI=1S/C21H22N6O5/c1-13-3-8-23-20(24-13)32-14-5-9-27(10-6-14)21-26-17(12-31-21)18(28)25-16-4-7-22-11-15(16)19(29)30-2/h3-4,7-8,11-12,14H,5-6,9-10H2,1-2H3,(H,22,25,28). The first kappa shape index (κ1) is 21.2. The van der Waals surface area contributed by atoms with Crippen molar-refractivity contribution in [3.8, 4) is 6.01 Å². The van der Waals surface area contributed by atoms with Gasteiger partial charge in [-0.25, -0.2) is 14.8 Å². The van der Waals surface area contributed by atoms with Crippen LogP contribution in [0.5, 0.6) is 6.01 Å². The van der Waals surface area contributed by atoms with E-state index in [-0.39, 0.29) is 23.0 Å². The predicted octanol–water partition coefficient (Wildman–Crippen LogP) is 2.25. The molecule has 32 heavy (non-hydrogen) atoms. The van der Waals surface area contributed by atoms with E-state index in [9.17, 15) is 9.59 Å². The monoisotopic (exact) mass is 438 g/mol. The number of anilines is 2. The van der Waals surface area contributed by atoms with Crippen LogP contribution in [0.1, 0.15) is 39.4 Å². The number of aromatic nitrogens is 4. The topological polar surface area (TPSA) is 133 Å². The summed E-state index contributed by atoms with van der Waals surface area (Å²) in [4.78, 5) is 43.0. The lowest BCUT2D eigenvalue weighted by Crippen LogP contribution is -2.38. The number of ether oxygens (including phenoxy) is 2. The number of rotatable bonds is 6. The van der Waals surface area contributed by atoms with E-state index in [1.807, 2.05) is 17.9 Å². The van der Waals surface area contributed by atoms with Crippen LogP contribution in [0, 0.1) is 6.92 Å². The Morgan fingerprint density at radius 3 is 2.75 bits per heavy atom. The minimum atomic E-state index is -0.601. The maximum absolute atomic E-state index is 12.6. The molecule has 0 aromatic carbocycles. The highest BCUT2D eigenvalue weighted by Crippen LogP contribution is 2.22. The number of esters is 1. The minimum Gasteiger partial charge on any atom is -0.465 e. The third-order valence-corrected chi connectivity index (χ3v) is 4.96. The third-order valence-electron chi connectivity index (χ3n) is 4.96. The highest BCUT2D eigenvalue weighted by atomic mass is 16.5. The van der Waals surface area contributed by atoms with Gasteiger partial charge in [0.15, 0.2) is 5.69 Å². The second-order valence-corrected chi connectivity index (χ2v) is 7.17. The van der Waals surface area contributed by atoms with Crippen LogP contribution in [-0.2, 0) is 4.74 Å². The van der Waals surface area contributed by atoms with Crippen LogP contribution in [0.15, 0.2) is 41.4 Å². The molecule has 1 aliphatic rings. The molecular weight excluding hydrogens is 416 g/mol. The van der Waals surface area contributed by atoms with Crippen molar-refractivity contribution in [2.24, 2.45) is 0 Å². The molecule has 1 N–H and O–H groups in total. The molecule has 0 unspecified atom stereocenters. The summed E-state index contributed by atoms with van der Waals surface area (Å²) < 4.78 is 16.1. The number of carbonyl (C=O) groups excluding carboxylic acids is 2. The normalized spacial score (nSPS) is 14.1. The minimum absolute atomic E-state index is 0.00536. The van der Waals surface area contributed by atoms with Gasteiger partial charge in [0.25, 0.3) is 11.9 Å². The van der Waals surface area contributed by atoms with Crippen molar-refractivity contribution in [1.29, 1.82) is 0 Å². The summed E-state index contributed by atoms with van der Waals surface area (Å²) in [5.74, 6) is -1.11. The fourth-order valence-corrected chi connectivity index (χ4v) is 3.27. The molecule has 3 aromatic heterocycles. The molecule has 0 bridgehead atoms. The quantitative estimate of drug-likeness (QED) is 0.571. The predicted molar refractivity (Wildman–Crippen MR) is 113 cm³/mol. The molecule has 11 heteroatoms. The molecule has 4 rings (SSSR count). The number of methoxy groups -OCH3 is 1. The van der Waals surface area contributed by atoms with Crippen LogP contribution >= 0.6 is 0 Å².